The van der Waals surface area contributed by atoms with Crippen LogP contribution in [-0.4, -0.2) is 20.6 Å². The molecule has 0 aliphatic rings. The fourth-order valence-corrected chi connectivity index (χ4v) is 2.11. The molecule has 0 aliphatic carbocycles. The molecule has 2 rings (SSSR count). The molecule has 0 unspecified atom stereocenters. The van der Waals surface area contributed by atoms with Gasteiger partial charge in [-0.3, -0.25) is 0 Å². The van der Waals surface area contributed by atoms with Crippen LogP contribution in [0.15, 0.2) is 30.7 Å². The van der Waals surface area contributed by atoms with Gasteiger partial charge in [0.2, 0.25) is 0 Å². The summed E-state index contributed by atoms with van der Waals surface area (Å²) in [6.07, 6.45) is 4.41. The number of rotatable bonds is 6. The Morgan fingerprint density at radius 1 is 1.50 bits per heavy atom. The number of ether oxygens (including phenoxy) is 1. The van der Waals surface area contributed by atoms with Gasteiger partial charge in [0.1, 0.15) is 12.2 Å². The fourth-order valence-electron chi connectivity index (χ4n) is 1.88. The molecule has 6 heteroatoms. The maximum absolute atomic E-state index is 11.1. The van der Waals surface area contributed by atoms with Gasteiger partial charge in [0, 0.05) is 6.54 Å². The minimum absolute atomic E-state index is 0.0547. The number of hydrogen-bond acceptors (Lipinski definition) is 3. The van der Waals surface area contributed by atoms with Crippen LogP contribution in [-0.2, 0) is 13.2 Å². The molecule has 0 saturated carbocycles. The van der Waals surface area contributed by atoms with Crippen LogP contribution >= 0.6 is 11.6 Å². The Hall–Kier alpha value is -2.01. The number of imidazole rings is 1. The largest absolute Gasteiger partial charge is 0.485 e. The van der Waals surface area contributed by atoms with Crippen LogP contribution in [0.4, 0.5) is 0 Å². The molecule has 0 bridgehead atoms. The predicted octanol–water partition coefficient (Wildman–Crippen LogP) is 3.22. The molecule has 0 saturated heterocycles. The van der Waals surface area contributed by atoms with Crippen molar-refractivity contribution in [3.8, 4) is 5.75 Å². The third-order valence-electron chi connectivity index (χ3n) is 2.82. The molecule has 0 amide bonds. The van der Waals surface area contributed by atoms with Crippen molar-refractivity contribution in [1.29, 1.82) is 0 Å². The number of aromatic nitrogens is 2. The van der Waals surface area contributed by atoms with Gasteiger partial charge in [0.15, 0.2) is 5.75 Å². The minimum Gasteiger partial charge on any atom is -0.485 e. The third kappa shape index (κ3) is 3.11. The van der Waals surface area contributed by atoms with Crippen molar-refractivity contribution in [1.82, 2.24) is 9.55 Å². The standard InChI is InChI=1S/C14H15ClN2O3/c1-2-6-17-9-16-7-10(17)8-20-13-11(14(18)19)4-3-5-12(13)15/h3-5,7,9H,2,6,8H2,1H3,(H,18,19). The van der Waals surface area contributed by atoms with E-state index in [0.717, 1.165) is 18.7 Å². The van der Waals surface area contributed by atoms with E-state index in [1.165, 1.54) is 6.07 Å². The average Bonchev–Trinajstić information content (AvgIpc) is 2.85. The molecular formula is C14H15ClN2O3. The molecule has 0 aliphatic heterocycles. The predicted molar refractivity (Wildman–Crippen MR) is 75.3 cm³/mol. The summed E-state index contributed by atoms with van der Waals surface area (Å²) in [7, 11) is 0. The van der Waals surface area contributed by atoms with Crippen molar-refractivity contribution in [2.75, 3.05) is 0 Å². The average molecular weight is 295 g/mol. The van der Waals surface area contributed by atoms with Crippen molar-refractivity contribution >= 4 is 17.6 Å². The van der Waals surface area contributed by atoms with Gasteiger partial charge in [-0.1, -0.05) is 24.6 Å². The quantitative estimate of drug-likeness (QED) is 0.888. The summed E-state index contributed by atoms with van der Waals surface area (Å²) in [6, 6.07) is 4.65. The second-order valence-corrected chi connectivity index (χ2v) is 4.70. The first-order chi connectivity index (χ1) is 9.63. The Kier molecular flexibility index (Phi) is 4.63. The number of halogens is 1. The van der Waals surface area contributed by atoms with E-state index in [-0.39, 0.29) is 22.9 Å². The normalized spacial score (nSPS) is 10.5. The van der Waals surface area contributed by atoms with Crippen LogP contribution in [0.1, 0.15) is 29.4 Å². The molecule has 106 valence electrons. The molecule has 0 radical (unpaired) electrons. The summed E-state index contributed by atoms with van der Waals surface area (Å²) >= 11 is 6.00. The monoisotopic (exact) mass is 294 g/mol. The summed E-state index contributed by atoms with van der Waals surface area (Å²) < 4.78 is 7.56. The molecule has 0 fully saturated rings. The van der Waals surface area contributed by atoms with Crippen molar-refractivity contribution in [2.45, 2.75) is 26.5 Å². The van der Waals surface area contributed by atoms with E-state index in [9.17, 15) is 4.79 Å². The molecule has 1 N–H and O–H groups in total. The Morgan fingerprint density at radius 3 is 3.00 bits per heavy atom. The van der Waals surface area contributed by atoms with E-state index in [0.29, 0.717) is 0 Å². The van der Waals surface area contributed by atoms with Crippen molar-refractivity contribution in [3.63, 3.8) is 0 Å². The molecule has 1 aromatic heterocycles. The van der Waals surface area contributed by atoms with E-state index in [1.54, 1.807) is 24.7 Å². The lowest BCUT2D eigenvalue weighted by Gasteiger charge is -2.12. The molecule has 2 aromatic rings. The Morgan fingerprint density at radius 2 is 2.30 bits per heavy atom. The zero-order valence-electron chi connectivity index (χ0n) is 11.0. The first-order valence-electron chi connectivity index (χ1n) is 6.27. The lowest BCUT2D eigenvalue weighted by atomic mass is 10.2. The molecular weight excluding hydrogens is 280 g/mol. The highest BCUT2D eigenvalue weighted by Gasteiger charge is 2.15. The fraction of sp³-hybridized carbons (Fsp3) is 0.286. The Labute approximate surface area is 121 Å². The number of aryl methyl sites for hydroxylation is 1. The summed E-state index contributed by atoms with van der Waals surface area (Å²) in [6.45, 7) is 3.14. The molecule has 20 heavy (non-hydrogen) atoms. The van der Waals surface area contributed by atoms with E-state index in [1.807, 2.05) is 4.57 Å². The molecule has 1 heterocycles. The summed E-state index contributed by atoms with van der Waals surface area (Å²) in [5.41, 5.74) is 0.933. The zero-order chi connectivity index (χ0) is 14.5. The topological polar surface area (TPSA) is 64.4 Å². The van der Waals surface area contributed by atoms with Gasteiger partial charge in [0.25, 0.3) is 0 Å². The molecule has 0 spiro atoms. The second-order valence-electron chi connectivity index (χ2n) is 4.29. The lowest BCUT2D eigenvalue weighted by Crippen LogP contribution is -2.08. The van der Waals surface area contributed by atoms with Gasteiger partial charge < -0.3 is 14.4 Å². The highest BCUT2D eigenvalue weighted by molar-refractivity contribution is 6.32. The van der Waals surface area contributed by atoms with Gasteiger partial charge in [-0.15, -0.1) is 0 Å². The summed E-state index contributed by atoms with van der Waals surface area (Å²) in [4.78, 5) is 15.2. The van der Waals surface area contributed by atoms with Crippen LogP contribution in [0.25, 0.3) is 0 Å². The molecule has 1 aromatic carbocycles. The second kappa shape index (κ2) is 6.43. The van der Waals surface area contributed by atoms with E-state index in [4.69, 9.17) is 21.4 Å². The maximum atomic E-state index is 11.1. The Balaban J connectivity index is 2.18. The van der Waals surface area contributed by atoms with Crippen molar-refractivity contribution in [3.05, 3.63) is 47.0 Å². The van der Waals surface area contributed by atoms with Crippen molar-refractivity contribution in [2.24, 2.45) is 0 Å². The minimum atomic E-state index is -1.07. The summed E-state index contributed by atoms with van der Waals surface area (Å²) in [5, 5.41) is 9.41. The number of carboxylic acids is 1. The molecule has 5 nitrogen and oxygen atoms in total. The smallest absolute Gasteiger partial charge is 0.339 e. The van der Waals surface area contributed by atoms with E-state index < -0.39 is 5.97 Å². The van der Waals surface area contributed by atoms with E-state index in [2.05, 4.69) is 11.9 Å². The number of para-hydroxylation sites is 1. The first kappa shape index (κ1) is 14.4. The van der Waals surface area contributed by atoms with Crippen LogP contribution in [0.3, 0.4) is 0 Å². The van der Waals surface area contributed by atoms with Crippen LogP contribution < -0.4 is 4.74 Å². The third-order valence-corrected chi connectivity index (χ3v) is 3.12. The van der Waals surface area contributed by atoms with Crippen LogP contribution in [0.5, 0.6) is 5.75 Å². The van der Waals surface area contributed by atoms with Gasteiger partial charge in [-0.2, -0.15) is 0 Å². The van der Waals surface area contributed by atoms with Gasteiger partial charge in [-0.25, -0.2) is 9.78 Å². The number of benzene rings is 1. The van der Waals surface area contributed by atoms with Crippen molar-refractivity contribution < 1.29 is 14.6 Å². The zero-order valence-corrected chi connectivity index (χ0v) is 11.8. The lowest BCUT2D eigenvalue weighted by molar-refractivity contribution is 0.0691. The number of carbonyl (C=O) groups is 1. The highest BCUT2D eigenvalue weighted by atomic mass is 35.5. The van der Waals surface area contributed by atoms with Gasteiger partial charge in [0.05, 0.1) is 23.2 Å². The summed E-state index contributed by atoms with van der Waals surface area (Å²) in [5.74, 6) is -0.879. The first-order valence-corrected chi connectivity index (χ1v) is 6.65. The number of hydrogen-bond donors (Lipinski definition) is 1. The highest BCUT2D eigenvalue weighted by Crippen LogP contribution is 2.29. The number of aromatic carboxylic acids is 1. The van der Waals surface area contributed by atoms with Gasteiger partial charge >= 0.3 is 5.97 Å². The van der Waals surface area contributed by atoms with Crippen LogP contribution in [0.2, 0.25) is 5.02 Å². The number of nitrogens with zero attached hydrogens (tertiary/aromatic N) is 2. The maximum Gasteiger partial charge on any atom is 0.339 e. The van der Waals surface area contributed by atoms with Crippen LogP contribution in [0, 0.1) is 0 Å². The molecule has 0 atom stereocenters. The Bertz CT molecular complexity index is 610. The van der Waals surface area contributed by atoms with Gasteiger partial charge in [-0.05, 0) is 18.6 Å². The number of carboxylic acid groups (broad SMARTS) is 1. The SMILES string of the molecule is CCCn1cncc1COc1c(Cl)cccc1C(=O)O. The van der Waals surface area contributed by atoms with E-state index >= 15 is 0 Å².